The van der Waals surface area contributed by atoms with E-state index in [9.17, 15) is 4.79 Å². The number of carbonyl (C=O) groups excluding carboxylic acids is 1. The number of benzene rings is 1. The van der Waals surface area contributed by atoms with Gasteiger partial charge in [-0.2, -0.15) is 11.8 Å². The van der Waals surface area contributed by atoms with E-state index < -0.39 is 5.60 Å². The lowest BCUT2D eigenvalue weighted by Crippen LogP contribution is -2.46. The number of ether oxygens (including phenoxy) is 2. The summed E-state index contributed by atoms with van der Waals surface area (Å²) >= 11 is 1.91. The monoisotopic (exact) mass is 332 g/mol. The van der Waals surface area contributed by atoms with Crippen LogP contribution in [0.4, 0.5) is 0 Å². The molecule has 0 aromatic heterocycles. The molecule has 0 saturated carbocycles. The average molecular weight is 332 g/mol. The van der Waals surface area contributed by atoms with Gasteiger partial charge in [0.15, 0.2) is 5.60 Å². The van der Waals surface area contributed by atoms with Crippen molar-refractivity contribution in [3.8, 4) is 11.8 Å². The highest BCUT2D eigenvalue weighted by molar-refractivity contribution is 7.99. The summed E-state index contributed by atoms with van der Waals surface area (Å²) in [6, 6.07) is 10.0. The number of carbonyl (C=O) groups is 1. The van der Waals surface area contributed by atoms with Crippen molar-refractivity contribution in [2.75, 3.05) is 12.4 Å². The molecule has 1 aliphatic rings. The number of hydrogen-bond donors (Lipinski definition) is 0. The molecule has 1 saturated heterocycles. The summed E-state index contributed by atoms with van der Waals surface area (Å²) in [6.45, 7) is 6.59. The predicted octanol–water partition coefficient (Wildman–Crippen LogP) is 3.67. The van der Waals surface area contributed by atoms with Gasteiger partial charge >= 0.3 is 5.97 Å². The van der Waals surface area contributed by atoms with Crippen molar-refractivity contribution in [3.63, 3.8) is 0 Å². The maximum Gasteiger partial charge on any atom is 0.304 e. The molecule has 1 aliphatic heterocycles. The molecule has 2 rings (SSSR count). The summed E-state index contributed by atoms with van der Waals surface area (Å²) in [5.74, 6) is 7.17. The van der Waals surface area contributed by atoms with E-state index in [2.05, 4.69) is 25.7 Å². The Hall–Kier alpha value is -1.44. The summed E-state index contributed by atoms with van der Waals surface area (Å²) < 4.78 is 11.2. The fourth-order valence-corrected chi connectivity index (χ4v) is 3.96. The molecule has 23 heavy (non-hydrogen) atoms. The summed E-state index contributed by atoms with van der Waals surface area (Å²) in [7, 11) is 0. The molecule has 3 unspecified atom stereocenters. The van der Waals surface area contributed by atoms with Gasteiger partial charge < -0.3 is 9.47 Å². The SMILES string of the molecule is CC(=O)OC1(C#CCOCc2ccccc2)CC(C)SCC1C. The molecule has 1 aromatic rings. The Morgan fingerprint density at radius 2 is 2.09 bits per heavy atom. The van der Waals surface area contributed by atoms with Gasteiger partial charge in [-0.3, -0.25) is 4.79 Å². The third-order valence-electron chi connectivity index (χ3n) is 3.93. The van der Waals surface area contributed by atoms with E-state index in [4.69, 9.17) is 9.47 Å². The van der Waals surface area contributed by atoms with Crippen molar-refractivity contribution >= 4 is 17.7 Å². The largest absolute Gasteiger partial charge is 0.446 e. The molecule has 4 heteroatoms. The summed E-state index contributed by atoms with van der Waals surface area (Å²) in [6.07, 6.45) is 0.768. The van der Waals surface area contributed by atoms with Crippen molar-refractivity contribution in [2.24, 2.45) is 5.92 Å². The second kappa shape index (κ2) is 8.42. The zero-order valence-electron chi connectivity index (χ0n) is 14.0. The highest BCUT2D eigenvalue weighted by Gasteiger charge is 2.42. The number of rotatable bonds is 4. The first kappa shape index (κ1) is 17.9. The van der Waals surface area contributed by atoms with E-state index in [-0.39, 0.29) is 11.9 Å². The molecule has 1 fully saturated rings. The lowest BCUT2D eigenvalue weighted by Gasteiger charge is -2.40. The molecule has 0 amide bonds. The molecular formula is C19H24O3S. The van der Waals surface area contributed by atoms with Gasteiger partial charge in [-0.1, -0.05) is 56.0 Å². The van der Waals surface area contributed by atoms with Crippen LogP contribution in [-0.4, -0.2) is 29.2 Å². The van der Waals surface area contributed by atoms with Crippen LogP contribution < -0.4 is 0 Å². The predicted molar refractivity (Wildman–Crippen MR) is 94.1 cm³/mol. The Kier molecular flexibility index (Phi) is 6.56. The van der Waals surface area contributed by atoms with Crippen LogP contribution >= 0.6 is 11.8 Å². The molecule has 0 N–H and O–H groups in total. The molecular weight excluding hydrogens is 308 g/mol. The van der Waals surface area contributed by atoms with Gasteiger partial charge in [0.1, 0.15) is 6.61 Å². The van der Waals surface area contributed by atoms with Crippen LogP contribution in [0, 0.1) is 17.8 Å². The normalized spacial score (nSPS) is 26.9. The topological polar surface area (TPSA) is 35.5 Å². The first-order valence-electron chi connectivity index (χ1n) is 7.95. The van der Waals surface area contributed by atoms with Crippen LogP contribution in [-0.2, 0) is 20.9 Å². The van der Waals surface area contributed by atoms with E-state index in [1.165, 1.54) is 6.92 Å². The first-order chi connectivity index (χ1) is 11.0. The van der Waals surface area contributed by atoms with Crippen molar-refractivity contribution in [3.05, 3.63) is 35.9 Å². The maximum atomic E-state index is 11.5. The smallest absolute Gasteiger partial charge is 0.304 e. The van der Waals surface area contributed by atoms with E-state index in [0.29, 0.717) is 18.5 Å². The molecule has 0 aliphatic carbocycles. The minimum atomic E-state index is -0.674. The van der Waals surface area contributed by atoms with Crippen LogP contribution in [0.1, 0.15) is 32.8 Å². The standard InChI is InChI=1S/C19H24O3S/c1-15-14-23-16(2)12-19(15,22-17(3)20)10-7-11-21-13-18-8-5-4-6-9-18/h4-6,8-9,15-16H,11-14H2,1-3H3. The fourth-order valence-electron chi connectivity index (χ4n) is 2.71. The van der Waals surface area contributed by atoms with Crippen molar-refractivity contribution < 1.29 is 14.3 Å². The zero-order valence-corrected chi connectivity index (χ0v) is 14.8. The molecule has 0 radical (unpaired) electrons. The average Bonchev–Trinajstić information content (AvgIpc) is 2.51. The van der Waals surface area contributed by atoms with Gasteiger partial charge in [-0.05, 0) is 5.56 Å². The maximum absolute atomic E-state index is 11.5. The van der Waals surface area contributed by atoms with Crippen molar-refractivity contribution in [1.29, 1.82) is 0 Å². The number of hydrogen-bond acceptors (Lipinski definition) is 4. The third-order valence-corrected chi connectivity index (χ3v) is 5.36. The molecule has 1 heterocycles. The van der Waals surface area contributed by atoms with Crippen molar-refractivity contribution in [2.45, 2.75) is 44.6 Å². The number of thioether (sulfide) groups is 1. The fraction of sp³-hybridized carbons (Fsp3) is 0.526. The van der Waals surface area contributed by atoms with Crippen LogP contribution in [0.2, 0.25) is 0 Å². The van der Waals surface area contributed by atoms with Gasteiger partial charge in [0.25, 0.3) is 0 Å². The second-order valence-corrected chi connectivity index (χ2v) is 7.48. The van der Waals surface area contributed by atoms with Gasteiger partial charge in [-0.15, -0.1) is 0 Å². The van der Waals surface area contributed by atoms with Crippen molar-refractivity contribution in [1.82, 2.24) is 0 Å². The van der Waals surface area contributed by atoms with E-state index >= 15 is 0 Å². The Labute approximate surface area is 143 Å². The number of esters is 1. The van der Waals surface area contributed by atoms with Crippen LogP contribution in [0.15, 0.2) is 30.3 Å². The molecule has 0 bridgehead atoms. The van der Waals surface area contributed by atoms with Gasteiger partial charge in [0.05, 0.1) is 6.61 Å². The van der Waals surface area contributed by atoms with Crippen LogP contribution in [0.5, 0.6) is 0 Å². The summed E-state index contributed by atoms with van der Waals surface area (Å²) in [4.78, 5) is 11.5. The van der Waals surface area contributed by atoms with E-state index in [0.717, 1.165) is 17.7 Å². The lowest BCUT2D eigenvalue weighted by atomic mass is 9.85. The highest BCUT2D eigenvalue weighted by atomic mass is 32.2. The van der Waals surface area contributed by atoms with Crippen LogP contribution in [0.3, 0.4) is 0 Å². The minimum Gasteiger partial charge on any atom is -0.446 e. The van der Waals surface area contributed by atoms with Gasteiger partial charge in [0.2, 0.25) is 0 Å². The summed E-state index contributed by atoms with van der Waals surface area (Å²) in [5, 5.41) is 0.435. The highest BCUT2D eigenvalue weighted by Crippen LogP contribution is 2.39. The molecule has 1 aromatic carbocycles. The first-order valence-corrected chi connectivity index (χ1v) is 8.99. The second-order valence-electron chi connectivity index (χ2n) is 6.01. The molecule has 124 valence electrons. The lowest BCUT2D eigenvalue weighted by molar-refractivity contribution is -0.155. The molecule has 3 atom stereocenters. The minimum absolute atomic E-state index is 0.217. The summed E-state index contributed by atoms with van der Waals surface area (Å²) in [5.41, 5.74) is 0.451. The zero-order chi connectivity index (χ0) is 16.7. The van der Waals surface area contributed by atoms with Gasteiger partial charge in [0, 0.05) is 30.3 Å². The van der Waals surface area contributed by atoms with E-state index in [1.807, 2.05) is 42.1 Å². The Morgan fingerprint density at radius 1 is 1.35 bits per heavy atom. The Morgan fingerprint density at radius 3 is 2.78 bits per heavy atom. The quantitative estimate of drug-likeness (QED) is 0.479. The van der Waals surface area contributed by atoms with Crippen LogP contribution in [0.25, 0.3) is 0 Å². The Balaban J connectivity index is 1.97. The Bertz CT molecular complexity index is 575. The molecule has 3 nitrogen and oxygen atoms in total. The third kappa shape index (κ3) is 5.30. The molecule has 0 spiro atoms. The van der Waals surface area contributed by atoms with Gasteiger partial charge in [-0.25, -0.2) is 0 Å². The van der Waals surface area contributed by atoms with E-state index in [1.54, 1.807) is 0 Å².